The highest BCUT2D eigenvalue weighted by Gasteiger charge is 2.04. The summed E-state index contributed by atoms with van der Waals surface area (Å²) in [4.78, 5) is 0. The van der Waals surface area contributed by atoms with Crippen LogP contribution in [0.4, 0.5) is 4.39 Å². The fourth-order valence-electron chi connectivity index (χ4n) is 0.808. The lowest BCUT2D eigenvalue weighted by Gasteiger charge is -2.09. The van der Waals surface area contributed by atoms with E-state index in [2.05, 4.69) is 0 Å². The molecule has 1 unspecified atom stereocenters. The largest absolute Gasteiger partial charge is 0.327 e. The van der Waals surface area contributed by atoms with Crippen molar-refractivity contribution in [3.05, 3.63) is 11.6 Å². The zero-order valence-electron chi connectivity index (χ0n) is 6.31. The first-order chi connectivity index (χ1) is 4.76. The van der Waals surface area contributed by atoms with Gasteiger partial charge >= 0.3 is 0 Å². The van der Waals surface area contributed by atoms with Gasteiger partial charge in [0.1, 0.15) is 6.67 Å². The van der Waals surface area contributed by atoms with Crippen LogP contribution < -0.4 is 11.5 Å². The number of nitrogens with two attached hydrogens (primary N) is 2. The molecule has 3 heteroatoms. The van der Waals surface area contributed by atoms with Gasteiger partial charge in [-0.1, -0.05) is 18.6 Å². The Bertz CT molecular complexity index is 112. The zero-order chi connectivity index (χ0) is 7.98. The Hall–Kier alpha value is -0.410. The second kappa shape index (κ2) is 5.38. The van der Waals surface area contributed by atoms with Gasteiger partial charge in [0.2, 0.25) is 0 Å². The second-order valence-electron chi connectivity index (χ2n) is 2.13. The molecule has 4 N–H and O–H groups in total. The zero-order valence-corrected chi connectivity index (χ0v) is 6.31. The van der Waals surface area contributed by atoms with Crippen molar-refractivity contribution in [1.29, 1.82) is 0 Å². The minimum absolute atomic E-state index is 0.441. The van der Waals surface area contributed by atoms with Crippen LogP contribution in [-0.4, -0.2) is 19.3 Å². The van der Waals surface area contributed by atoms with Crippen molar-refractivity contribution in [1.82, 2.24) is 0 Å². The Morgan fingerprint density at radius 3 is 2.60 bits per heavy atom. The van der Waals surface area contributed by atoms with Gasteiger partial charge < -0.3 is 11.5 Å². The molecule has 0 spiro atoms. The van der Waals surface area contributed by atoms with Gasteiger partial charge in [0.25, 0.3) is 0 Å². The Balaban J connectivity index is 3.92. The molecule has 60 valence electrons. The molecule has 0 aromatic heterocycles. The average Bonchev–Trinajstić information content (AvgIpc) is 1.99. The molecule has 0 bridgehead atoms. The molecule has 0 rings (SSSR count). The maximum absolute atomic E-state index is 11.9. The number of hydrogen-bond donors (Lipinski definition) is 2. The van der Waals surface area contributed by atoms with E-state index in [1.165, 1.54) is 0 Å². The third-order valence-corrected chi connectivity index (χ3v) is 1.43. The van der Waals surface area contributed by atoms with E-state index in [9.17, 15) is 4.39 Å². The van der Waals surface area contributed by atoms with Crippen molar-refractivity contribution in [2.24, 2.45) is 11.5 Å². The number of hydrogen-bond acceptors (Lipinski definition) is 2. The van der Waals surface area contributed by atoms with Crippen LogP contribution in [0, 0.1) is 0 Å². The molecule has 0 aliphatic heterocycles. The van der Waals surface area contributed by atoms with Crippen LogP contribution in [0.5, 0.6) is 0 Å². The van der Waals surface area contributed by atoms with Crippen LogP contribution in [0.25, 0.3) is 0 Å². The van der Waals surface area contributed by atoms with Gasteiger partial charge in [0, 0.05) is 6.54 Å². The SMILES string of the molecule is CCC(=CCN)C(N)CF. The third kappa shape index (κ3) is 2.94. The van der Waals surface area contributed by atoms with Crippen LogP contribution in [-0.2, 0) is 0 Å². The van der Waals surface area contributed by atoms with Gasteiger partial charge in [-0.05, 0) is 6.42 Å². The normalized spacial score (nSPS) is 15.4. The Labute approximate surface area is 61.1 Å². The summed E-state index contributed by atoms with van der Waals surface area (Å²) in [5.41, 5.74) is 11.6. The summed E-state index contributed by atoms with van der Waals surface area (Å²) in [5.74, 6) is 0. The van der Waals surface area contributed by atoms with Crippen molar-refractivity contribution in [3.8, 4) is 0 Å². The molecule has 1 atom stereocenters. The van der Waals surface area contributed by atoms with E-state index in [1.54, 1.807) is 6.08 Å². The molecule has 0 radical (unpaired) electrons. The predicted molar refractivity (Wildman–Crippen MR) is 41.4 cm³/mol. The Morgan fingerprint density at radius 1 is 1.70 bits per heavy atom. The van der Waals surface area contributed by atoms with Crippen molar-refractivity contribution >= 4 is 0 Å². The lowest BCUT2D eigenvalue weighted by Crippen LogP contribution is -2.25. The molecule has 10 heavy (non-hydrogen) atoms. The van der Waals surface area contributed by atoms with Crippen LogP contribution >= 0.6 is 0 Å². The third-order valence-electron chi connectivity index (χ3n) is 1.43. The number of halogens is 1. The lowest BCUT2D eigenvalue weighted by atomic mass is 10.1. The van der Waals surface area contributed by atoms with Crippen LogP contribution in [0.1, 0.15) is 13.3 Å². The van der Waals surface area contributed by atoms with Gasteiger partial charge in [-0.2, -0.15) is 0 Å². The summed E-state index contributed by atoms with van der Waals surface area (Å²) in [6.07, 6.45) is 2.56. The van der Waals surface area contributed by atoms with Crippen LogP contribution in [0.15, 0.2) is 11.6 Å². The maximum atomic E-state index is 11.9. The first-order valence-electron chi connectivity index (χ1n) is 3.46. The van der Waals surface area contributed by atoms with Gasteiger partial charge in [-0.15, -0.1) is 0 Å². The summed E-state index contributed by atoms with van der Waals surface area (Å²) in [6, 6.07) is -0.450. The lowest BCUT2D eigenvalue weighted by molar-refractivity contribution is 0.451. The molecule has 0 saturated carbocycles. The predicted octanol–water partition coefficient (Wildman–Crippen LogP) is 0.578. The fourth-order valence-corrected chi connectivity index (χ4v) is 0.808. The van der Waals surface area contributed by atoms with Gasteiger partial charge in [0.05, 0.1) is 6.04 Å². The van der Waals surface area contributed by atoms with E-state index in [-0.39, 0.29) is 0 Å². The second-order valence-corrected chi connectivity index (χ2v) is 2.13. The van der Waals surface area contributed by atoms with Crippen LogP contribution in [0.2, 0.25) is 0 Å². The van der Waals surface area contributed by atoms with E-state index in [0.29, 0.717) is 6.54 Å². The molecule has 0 aromatic rings. The molecule has 0 aromatic carbocycles. The standard InChI is InChI=1S/C7H15FN2/c1-2-6(3-4-9)7(10)5-8/h3,7H,2,4-5,9-10H2,1H3. The molecular weight excluding hydrogens is 131 g/mol. The summed E-state index contributed by atoms with van der Waals surface area (Å²) >= 11 is 0. The highest BCUT2D eigenvalue weighted by molar-refractivity contribution is 5.09. The highest BCUT2D eigenvalue weighted by atomic mass is 19.1. The minimum atomic E-state index is -0.500. The molecule has 0 heterocycles. The first-order valence-corrected chi connectivity index (χ1v) is 3.46. The van der Waals surface area contributed by atoms with Crippen molar-refractivity contribution in [2.75, 3.05) is 13.2 Å². The number of rotatable bonds is 4. The average molecular weight is 146 g/mol. The van der Waals surface area contributed by atoms with Gasteiger partial charge in [-0.3, -0.25) is 0 Å². The van der Waals surface area contributed by atoms with E-state index < -0.39 is 12.7 Å². The minimum Gasteiger partial charge on any atom is -0.327 e. The summed E-state index contributed by atoms with van der Waals surface area (Å²) < 4.78 is 11.9. The Kier molecular flexibility index (Phi) is 5.16. The van der Waals surface area contributed by atoms with E-state index >= 15 is 0 Å². The molecular formula is C7H15FN2. The fraction of sp³-hybridized carbons (Fsp3) is 0.714. The first kappa shape index (κ1) is 9.59. The summed E-state index contributed by atoms with van der Waals surface area (Å²) in [6.45, 7) is 1.88. The van der Waals surface area contributed by atoms with Gasteiger partial charge in [0.15, 0.2) is 0 Å². The maximum Gasteiger partial charge on any atom is 0.108 e. The molecule has 0 aliphatic carbocycles. The van der Waals surface area contributed by atoms with Gasteiger partial charge in [-0.25, -0.2) is 4.39 Å². The van der Waals surface area contributed by atoms with Crippen molar-refractivity contribution in [3.63, 3.8) is 0 Å². The van der Waals surface area contributed by atoms with E-state index in [0.717, 1.165) is 12.0 Å². The smallest absolute Gasteiger partial charge is 0.108 e. The van der Waals surface area contributed by atoms with E-state index in [4.69, 9.17) is 11.5 Å². The molecule has 0 aliphatic rings. The molecule has 0 fully saturated rings. The highest BCUT2D eigenvalue weighted by Crippen LogP contribution is 2.04. The molecule has 0 amide bonds. The molecule has 2 nitrogen and oxygen atoms in total. The van der Waals surface area contributed by atoms with Crippen molar-refractivity contribution in [2.45, 2.75) is 19.4 Å². The van der Waals surface area contributed by atoms with E-state index in [1.807, 2.05) is 6.92 Å². The summed E-state index contributed by atoms with van der Waals surface area (Å²) in [5, 5.41) is 0. The number of alkyl halides is 1. The Morgan fingerprint density at radius 2 is 2.30 bits per heavy atom. The summed E-state index contributed by atoms with van der Waals surface area (Å²) in [7, 11) is 0. The van der Waals surface area contributed by atoms with Crippen molar-refractivity contribution < 1.29 is 4.39 Å². The monoisotopic (exact) mass is 146 g/mol. The molecule has 0 saturated heterocycles. The topological polar surface area (TPSA) is 52.0 Å². The van der Waals surface area contributed by atoms with Crippen LogP contribution in [0.3, 0.4) is 0 Å². The quantitative estimate of drug-likeness (QED) is 0.570.